The molecule has 0 aromatic heterocycles. The van der Waals surface area contributed by atoms with Crippen LogP contribution in [0.2, 0.25) is 0 Å². The first-order valence-corrected chi connectivity index (χ1v) is 10.3. The van der Waals surface area contributed by atoms with Crippen LogP contribution in [0.4, 0.5) is 57.1 Å². The summed E-state index contributed by atoms with van der Waals surface area (Å²) in [6.07, 6.45) is -7.23. The van der Waals surface area contributed by atoms with Gasteiger partial charge < -0.3 is 4.90 Å². The summed E-state index contributed by atoms with van der Waals surface area (Å²) in [6, 6.07) is 12.9. The van der Waals surface area contributed by atoms with Gasteiger partial charge in [-0.1, -0.05) is 60.7 Å². The van der Waals surface area contributed by atoms with Gasteiger partial charge in [-0.05, 0) is 24.1 Å². The quantitative estimate of drug-likeness (QED) is 0.267. The lowest BCUT2D eigenvalue weighted by Gasteiger charge is -2.42. The highest BCUT2D eigenvalue weighted by Gasteiger charge is 2.91. The molecule has 0 saturated carbocycles. The van der Waals surface area contributed by atoms with Crippen LogP contribution in [0.5, 0.6) is 0 Å². The number of hydrogen-bond donors (Lipinski definition) is 0. The fourth-order valence-electron chi connectivity index (χ4n) is 3.19. The van der Waals surface area contributed by atoms with Gasteiger partial charge in [0, 0.05) is 13.1 Å². The molecule has 0 aliphatic rings. The van der Waals surface area contributed by atoms with Crippen LogP contribution in [-0.2, 0) is 6.54 Å². The maximum atomic E-state index is 15.2. The number of hydrogen-bond acceptors (Lipinski definition) is 1. The zero-order chi connectivity index (χ0) is 28.5. The van der Waals surface area contributed by atoms with Crippen molar-refractivity contribution in [3.63, 3.8) is 0 Å². The minimum Gasteiger partial charge on any atom is -0.366 e. The average Bonchev–Trinajstić information content (AvgIpc) is 2.81. The van der Waals surface area contributed by atoms with Crippen molar-refractivity contribution >= 4 is 6.08 Å². The van der Waals surface area contributed by atoms with Gasteiger partial charge in [0.15, 0.2) is 0 Å². The van der Waals surface area contributed by atoms with Gasteiger partial charge in [-0.25, -0.2) is 0 Å². The van der Waals surface area contributed by atoms with Gasteiger partial charge in [0.2, 0.25) is 0 Å². The third-order valence-electron chi connectivity index (χ3n) is 5.30. The maximum absolute atomic E-state index is 15.2. The van der Waals surface area contributed by atoms with E-state index in [0.29, 0.717) is 4.90 Å². The second-order valence-electron chi connectivity index (χ2n) is 7.81. The smallest absolute Gasteiger partial charge is 0.366 e. The molecule has 2 aromatic carbocycles. The molecule has 2 rings (SSSR count). The van der Waals surface area contributed by atoms with Crippen LogP contribution in [0.25, 0.3) is 6.08 Å². The van der Waals surface area contributed by atoms with E-state index in [1.807, 2.05) is 0 Å². The number of benzene rings is 2. The molecule has 0 atom stereocenters. The summed E-state index contributed by atoms with van der Waals surface area (Å²) in [4.78, 5) is 0.381. The SMILES string of the molecule is CCN(Cc1ccccc1)/C(=C/c1ccccc1)C(F)(F)C(F)(F)C(F)(F)C(F)(F)C(F)(F)C(F)(F)F. The zero-order valence-electron chi connectivity index (χ0n) is 18.6. The van der Waals surface area contributed by atoms with Crippen LogP contribution in [-0.4, -0.2) is 47.2 Å². The number of rotatable bonds is 10. The van der Waals surface area contributed by atoms with E-state index >= 15 is 8.78 Å². The van der Waals surface area contributed by atoms with Gasteiger partial charge in [-0.2, -0.15) is 57.1 Å². The Balaban J connectivity index is 2.73. The van der Waals surface area contributed by atoms with Gasteiger partial charge in [0.1, 0.15) is 0 Å². The standard InChI is InChI=1S/C23H18F13N/c1-2-37(14-16-11-7-4-8-12-16)17(13-15-9-5-3-6-10-15)18(24,25)19(26,27)20(28,29)21(30,31)22(32,33)23(34,35)36/h3-13H,2,14H2,1H3/b17-13+. The molecule has 0 unspecified atom stereocenters. The largest absolute Gasteiger partial charge is 0.460 e. The second kappa shape index (κ2) is 10.1. The van der Waals surface area contributed by atoms with Crippen LogP contribution in [0, 0.1) is 0 Å². The Morgan fingerprint density at radius 1 is 0.622 bits per heavy atom. The molecular weight excluding hydrogens is 537 g/mol. The Kier molecular flexibility index (Phi) is 8.26. The molecule has 0 bridgehead atoms. The Bertz CT molecular complexity index is 1060. The lowest BCUT2D eigenvalue weighted by Crippen LogP contribution is -2.70. The van der Waals surface area contributed by atoms with Crippen LogP contribution in [0.1, 0.15) is 18.1 Å². The van der Waals surface area contributed by atoms with E-state index in [1.165, 1.54) is 48.5 Å². The van der Waals surface area contributed by atoms with Crippen molar-refractivity contribution in [3.8, 4) is 0 Å². The summed E-state index contributed by atoms with van der Waals surface area (Å²) in [5.74, 6) is -37.4. The number of nitrogens with zero attached hydrogens (tertiary/aromatic N) is 1. The predicted octanol–water partition coefficient (Wildman–Crippen LogP) is 8.29. The lowest BCUT2D eigenvalue weighted by molar-refractivity contribution is -0.437. The van der Waals surface area contributed by atoms with E-state index in [-0.39, 0.29) is 17.2 Å². The van der Waals surface area contributed by atoms with E-state index < -0.39 is 54.6 Å². The molecular formula is C23H18F13N. The molecule has 0 radical (unpaired) electrons. The lowest BCUT2D eigenvalue weighted by atomic mass is 9.91. The third kappa shape index (κ3) is 5.24. The molecule has 0 aliphatic carbocycles. The van der Waals surface area contributed by atoms with Gasteiger partial charge in [-0.15, -0.1) is 0 Å². The molecule has 0 heterocycles. The maximum Gasteiger partial charge on any atom is 0.460 e. The van der Waals surface area contributed by atoms with Crippen molar-refractivity contribution in [3.05, 3.63) is 77.5 Å². The fraction of sp³-hybridized carbons (Fsp3) is 0.391. The number of halogens is 13. The summed E-state index contributed by atoms with van der Waals surface area (Å²) in [5.41, 5.74) is -2.15. The van der Waals surface area contributed by atoms with Crippen LogP contribution < -0.4 is 0 Å². The summed E-state index contributed by atoms with van der Waals surface area (Å²) in [6.45, 7) is -0.164. The van der Waals surface area contributed by atoms with Crippen molar-refractivity contribution in [2.75, 3.05) is 6.54 Å². The minimum atomic E-state index is -7.96. The Morgan fingerprint density at radius 2 is 1.05 bits per heavy atom. The van der Waals surface area contributed by atoms with Crippen molar-refractivity contribution in [1.82, 2.24) is 4.90 Å². The van der Waals surface area contributed by atoms with E-state index in [2.05, 4.69) is 0 Å². The highest BCUT2D eigenvalue weighted by Crippen LogP contribution is 2.61. The summed E-state index contributed by atoms with van der Waals surface area (Å²) >= 11 is 0. The number of allylic oxidation sites excluding steroid dienone is 1. The van der Waals surface area contributed by atoms with Gasteiger partial charge in [0.25, 0.3) is 0 Å². The molecule has 0 fully saturated rings. The molecule has 0 saturated heterocycles. The van der Waals surface area contributed by atoms with Gasteiger partial charge in [-0.3, -0.25) is 0 Å². The zero-order valence-corrected chi connectivity index (χ0v) is 18.6. The molecule has 37 heavy (non-hydrogen) atoms. The molecule has 1 nitrogen and oxygen atoms in total. The number of alkyl halides is 13. The average molecular weight is 555 g/mol. The van der Waals surface area contributed by atoms with Crippen molar-refractivity contribution in [2.45, 2.75) is 49.3 Å². The van der Waals surface area contributed by atoms with Gasteiger partial charge >= 0.3 is 35.8 Å². The first kappa shape index (κ1) is 30.3. The van der Waals surface area contributed by atoms with E-state index in [1.54, 1.807) is 0 Å². The first-order chi connectivity index (χ1) is 16.8. The van der Waals surface area contributed by atoms with Crippen LogP contribution in [0.15, 0.2) is 66.4 Å². The van der Waals surface area contributed by atoms with Crippen molar-refractivity contribution in [2.24, 2.45) is 0 Å². The predicted molar refractivity (Wildman–Crippen MR) is 108 cm³/mol. The third-order valence-corrected chi connectivity index (χ3v) is 5.30. The molecule has 0 spiro atoms. The summed E-state index contributed by atoms with van der Waals surface area (Å²) < 4.78 is 179. The van der Waals surface area contributed by atoms with E-state index in [4.69, 9.17) is 0 Å². The highest BCUT2D eigenvalue weighted by atomic mass is 19.4. The summed E-state index contributed by atoms with van der Waals surface area (Å²) in [7, 11) is 0. The molecule has 14 heteroatoms. The molecule has 0 N–H and O–H groups in total. The second-order valence-corrected chi connectivity index (χ2v) is 7.81. The summed E-state index contributed by atoms with van der Waals surface area (Å²) in [5, 5.41) is 0. The molecule has 2 aromatic rings. The van der Waals surface area contributed by atoms with Crippen LogP contribution >= 0.6 is 0 Å². The Hall–Kier alpha value is -2.93. The van der Waals surface area contributed by atoms with Crippen LogP contribution in [0.3, 0.4) is 0 Å². The highest BCUT2D eigenvalue weighted by molar-refractivity contribution is 5.55. The first-order valence-electron chi connectivity index (χ1n) is 10.3. The monoisotopic (exact) mass is 555 g/mol. The Labute approximate surface area is 202 Å². The molecule has 0 amide bonds. The van der Waals surface area contributed by atoms with Crippen molar-refractivity contribution in [1.29, 1.82) is 0 Å². The minimum absolute atomic E-state index is 0.170. The molecule has 0 aliphatic heterocycles. The topological polar surface area (TPSA) is 3.24 Å². The Morgan fingerprint density at radius 3 is 1.49 bits per heavy atom. The van der Waals surface area contributed by atoms with E-state index in [0.717, 1.165) is 19.1 Å². The van der Waals surface area contributed by atoms with Crippen molar-refractivity contribution < 1.29 is 57.1 Å². The normalized spacial score (nSPS) is 14.6. The van der Waals surface area contributed by atoms with E-state index in [9.17, 15) is 48.3 Å². The van der Waals surface area contributed by atoms with Gasteiger partial charge in [0.05, 0.1) is 5.70 Å². The molecule has 206 valence electrons. The fourth-order valence-corrected chi connectivity index (χ4v) is 3.19.